The van der Waals surface area contributed by atoms with Gasteiger partial charge in [0.25, 0.3) is 0 Å². The van der Waals surface area contributed by atoms with Crippen LogP contribution in [0, 0.1) is 0 Å². The van der Waals surface area contributed by atoms with Crippen molar-refractivity contribution in [2.24, 2.45) is 0 Å². The van der Waals surface area contributed by atoms with Crippen molar-refractivity contribution in [3.63, 3.8) is 0 Å². The van der Waals surface area contributed by atoms with Crippen molar-refractivity contribution >= 4 is 48.7 Å². The maximum atomic E-state index is 6.33. The molecule has 3 rings (SSSR count). The summed E-state index contributed by atoms with van der Waals surface area (Å²) in [5.41, 5.74) is 3.08. The Morgan fingerprint density at radius 2 is 1.53 bits per heavy atom. The minimum absolute atomic E-state index is 0.614. The van der Waals surface area contributed by atoms with Crippen LogP contribution in [0.2, 0.25) is 0 Å². The van der Waals surface area contributed by atoms with Crippen LogP contribution in [0.4, 0.5) is 0 Å². The van der Waals surface area contributed by atoms with Crippen molar-refractivity contribution in [3.05, 3.63) is 101 Å². The lowest BCUT2D eigenvalue weighted by Gasteiger charge is -2.20. The molecule has 0 amide bonds. The van der Waals surface area contributed by atoms with E-state index in [0.29, 0.717) is 13.2 Å². The zero-order chi connectivity index (χ0) is 24.3. The first-order valence-electron chi connectivity index (χ1n) is 11.4. The van der Waals surface area contributed by atoms with Crippen molar-refractivity contribution in [3.8, 4) is 22.6 Å². The minimum Gasteiger partial charge on any atom is -0.493 e. The molecule has 0 N–H and O–H groups in total. The molecule has 176 valence electrons. The molecule has 0 radical (unpaired) electrons. The Kier molecular flexibility index (Phi) is 10.2. The van der Waals surface area contributed by atoms with Crippen LogP contribution in [0.25, 0.3) is 28.0 Å². The van der Waals surface area contributed by atoms with Crippen LogP contribution in [0.1, 0.15) is 31.2 Å². The standard InChI is InChI=1S/C30H30Br2O2/c1-4-6-8-19-33-27-12-10-11-23(14-13-22(3)31)29(27)30-26-17-16-25(32)21-24(26)15-18-28(30)34-20-9-7-5-2/h4-5,10-18,21H,1-3,6-9,19-20H2/b14-13-. The normalized spacial score (nSPS) is 11.0. The predicted octanol–water partition coefficient (Wildman–Crippen LogP) is 9.88. The SMILES string of the molecule is C=CCCCOc1cccc(/C=C\C(=C)Br)c1-c1c(OCCCC=C)ccc2cc(Br)ccc12. The zero-order valence-corrected chi connectivity index (χ0v) is 22.5. The monoisotopic (exact) mass is 580 g/mol. The summed E-state index contributed by atoms with van der Waals surface area (Å²) in [7, 11) is 0. The summed E-state index contributed by atoms with van der Waals surface area (Å²) in [4.78, 5) is 0. The van der Waals surface area contributed by atoms with E-state index in [9.17, 15) is 0 Å². The van der Waals surface area contributed by atoms with Gasteiger partial charge in [0.15, 0.2) is 0 Å². The number of hydrogen-bond donors (Lipinski definition) is 0. The highest BCUT2D eigenvalue weighted by molar-refractivity contribution is 9.11. The Hall–Kier alpha value is -2.56. The van der Waals surface area contributed by atoms with Gasteiger partial charge in [-0.2, -0.15) is 0 Å². The largest absolute Gasteiger partial charge is 0.493 e. The van der Waals surface area contributed by atoms with Crippen molar-refractivity contribution < 1.29 is 9.47 Å². The van der Waals surface area contributed by atoms with Gasteiger partial charge in [0.05, 0.1) is 13.2 Å². The predicted molar refractivity (Wildman–Crippen MR) is 154 cm³/mol. The van der Waals surface area contributed by atoms with Crippen LogP contribution < -0.4 is 9.47 Å². The molecular weight excluding hydrogens is 552 g/mol. The molecule has 0 aromatic heterocycles. The third-order valence-electron chi connectivity index (χ3n) is 5.32. The Morgan fingerprint density at radius 1 is 0.853 bits per heavy atom. The van der Waals surface area contributed by atoms with E-state index < -0.39 is 0 Å². The number of unbranched alkanes of at least 4 members (excludes halogenated alkanes) is 2. The Morgan fingerprint density at radius 3 is 2.18 bits per heavy atom. The topological polar surface area (TPSA) is 18.5 Å². The first-order valence-corrected chi connectivity index (χ1v) is 13.0. The molecule has 0 spiro atoms. The molecule has 0 aliphatic carbocycles. The lowest BCUT2D eigenvalue weighted by atomic mass is 9.92. The fraction of sp³-hybridized carbons (Fsp3) is 0.200. The Balaban J connectivity index is 2.21. The highest BCUT2D eigenvalue weighted by atomic mass is 79.9. The number of halogens is 2. The summed E-state index contributed by atoms with van der Waals surface area (Å²) < 4.78 is 14.5. The quantitative estimate of drug-likeness (QED) is 0.114. The number of fused-ring (bicyclic) bond motifs is 1. The summed E-state index contributed by atoms with van der Waals surface area (Å²) in [6.45, 7) is 12.8. The second-order valence-electron chi connectivity index (χ2n) is 7.86. The van der Waals surface area contributed by atoms with E-state index in [2.05, 4.69) is 94.1 Å². The number of hydrogen-bond acceptors (Lipinski definition) is 2. The molecule has 0 unspecified atom stereocenters. The maximum Gasteiger partial charge on any atom is 0.127 e. The lowest BCUT2D eigenvalue weighted by molar-refractivity contribution is 0.309. The number of benzene rings is 3. The highest BCUT2D eigenvalue weighted by Gasteiger charge is 2.19. The third-order valence-corrected chi connectivity index (χ3v) is 6.07. The molecule has 0 bridgehead atoms. The first-order chi connectivity index (χ1) is 16.5. The molecule has 0 saturated carbocycles. The van der Waals surface area contributed by atoms with Crippen LogP contribution in [-0.2, 0) is 0 Å². The van der Waals surface area contributed by atoms with E-state index in [1.807, 2.05) is 30.4 Å². The Labute approximate surface area is 219 Å². The minimum atomic E-state index is 0.614. The molecule has 0 saturated heterocycles. The highest BCUT2D eigenvalue weighted by Crippen LogP contribution is 2.44. The molecule has 3 aromatic carbocycles. The number of allylic oxidation sites excluding steroid dienone is 4. The van der Waals surface area contributed by atoms with Crippen molar-refractivity contribution in [2.45, 2.75) is 25.7 Å². The van der Waals surface area contributed by atoms with Crippen molar-refractivity contribution in [2.75, 3.05) is 13.2 Å². The molecule has 0 heterocycles. The van der Waals surface area contributed by atoms with Gasteiger partial charge in [0.1, 0.15) is 11.5 Å². The van der Waals surface area contributed by atoms with Crippen molar-refractivity contribution in [1.29, 1.82) is 0 Å². The number of rotatable bonds is 13. The number of ether oxygens (including phenoxy) is 2. The van der Waals surface area contributed by atoms with E-state index >= 15 is 0 Å². The molecule has 0 aliphatic heterocycles. The Bertz CT molecular complexity index is 1190. The fourth-order valence-electron chi connectivity index (χ4n) is 3.73. The van der Waals surface area contributed by atoms with E-state index in [1.54, 1.807) is 0 Å². The second-order valence-corrected chi connectivity index (χ2v) is 9.80. The molecule has 0 fully saturated rings. The summed E-state index contributed by atoms with van der Waals surface area (Å²) >= 11 is 7.05. The van der Waals surface area contributed by atoms with Gasteiger partial charge < -0.3 is 9.47 Å². The molecule has 34 heavy (non-hydrogen) atoms. The fourth-order valence-corrected chi connectivity index (χ4v) is 4.24. The smallest absolute Gasteiger partial charge is 0.127 e. The van der Waals surface area contributed by atoms with Crippen LogP contribution in [0.3, 0.4) is 0 Å². The van der Waals surface area contributed by atoms with Gasteiger partial charge in [-0.15, -0.1) is 13.2 Å². The summed E-state index contributed by atoms with van der Waals surface area (Å²) in [6.07, 6.45) is 11.5. The summed E-state index contributed by atoms with van der Waals surface area (Å²) in [6, 6.07) is 16.6. The van der Waals surface area contributed by atoms with Gasteiger partial charge in [0, 0.05) is 20.1 Å². The molecule has 3 aromatic rings. The van der Waals surface area contributed by atoms with Gasteiger partial charge in [-0.3, -0.25) is 0 Å². The maximum absolute atomic E-state index is 6.33. The average Bonchev–Trinajstić information content (AvgIpc) is 2.83. The zero-order valence-electron chi connectivity index (χ0n) is 19.4. The molecule has 0 atom stereocenters. The van der Waals surface area contributed by atoms with Gasteiger partial charge >= 0.3 is 0 Å². The van der Waals surface area contributed by atoms with E-state index in [0.717, 1.165) is 73.6 Å². The van der Waals surface area contributed by atoms with E-state index in [-0.39, 0.29) is 0 Å². The summed E-state index contributed by atoms with van der Waals surface area (Å²) in [5, 5.41) is 2.24. The molecule has 2 nitrogen and oxygen atoms in total. The van der Waals surface area contributed by atoms with Gasteiger partial charge in [0.2, 0.25) is 0 Å². The average molecular weight is 582 g/mol. The first kappa shape index (κ1) is 26.1. The van der Waals surface area contributed by atoms with Crippen LogP contribution in [-0.4, -0.2) is 13.2 Å². The van der Waals surface area contributed by atoms with Gasteiger partial charge in [-0.25, -0.2) is 0 Å². The molecule has 4 heteroatoms. The van der Waals surface area contributed by atoms with E-state index in [1.165, 1.54) is 0 Å². The lowest BCUT2D eigenvalue weighted by Crippen LogP contribution is -2.03. The van der Waals surface area contributed by atoms with Gasteiger partial charge in [-0.05, 0) is 72.4 Å². The third kappa shape index (κ3) is 6.97. The van der Waals surface area contributed by atoms with Crippen LogP contribution >= 0.6 is 31.9 Å². The van der Waals surface area contributed by atoms with Crippen LogP contribution in [0.5, 0.6) is 11.5 Å². The molecular formula is C30H30Br2O2. The van der Waals surface area contributed by atoms with Gasteiger partial charge in [-0.1, -0.05) is 80.9 Å². The summed E-state index contributed by atoms with van der Waals surface area (Å²) in [5.74, 6) is 1.67. The second kappa shape index (κ2) is 13.4. The van der Waals surface area contributed by atoms with Crippen molar-refractivity contribution in [1.82, 2.24) is 0 Å². The van der Waals surface area contributed by atoms with Crippen LogP contribution in [0.15, 0.2) is 95.5 Å². The van der Waals surface area contributed by atoms with E-state index in [4.69, 9.17) is 9.47 Å². The molecule has 0 aliphatic rings.